The Bertz CT molecular complexity index is 399. The molecule has 0 aliphatic carbocycles. The first-order valence-electron chi connectivity index (χ1n) is 4.40. The predicted octanol–water partition coefficient (Wildman–Crippen LogP) is 0.186. The zero-order valence-corrected chi connectivity index (χ0v) is 8.92. The molecule has 0 saturated carbocycles. The number of rotatable bonds is 4. The summed E-state index contributed by atoms with van der Waals surface area (Å²) in [5.41, 5.74) is 5.64. The van der Waals surface area contributed by atoms with Crippen LogP contribution in [0.1, 0.15) is 18.2 Å². The number of aliphatic hydroxyl groups is 2. The van der Waals surface area contributed by atoms with Crippen LogP contribution in [0.2, 0.25) is 5.02 Å². The molecule has 0 spiro atoms. The lowest BCUT2D eigenvalue weighted by Crippen LogP contribution is -2.23. The molecule has 1 aromatic heterocycles. The summed E-state index contributed by atoms with van der Waals surface area (Å²) in [6.45, 7) is 0. The SMILES string of the molecule is Nc1cc(Cl)cnc1C(O)C(O)CC(=O)O. The molecule has 2 atom stereocenters. The van der Waals surface area contributed by atoms with Crippen LogP contribution in [0.25, 0.3) is 0 Å². The molecular weight excluding hydrogens is 236 g/mol. The van der Waals surface area contributed by atoms with Crippen LogP contribution in [-0.2, 0) is 4.79 Å². The molecule has 0 aliphatic rings. The molecule has 0 bridgehead atoms. The standard InChI is InChI=1S/C9H11ClN2O4/c10-4-1-5(11)8(12-3-4)9(16)6(13)2-7(14)15/h1,3,6,9,13,16H,2,11H2,(H,14,15). The lowest BCUT2D eigenvalue weighted by Gasteiger charge is -2.17. The highest BCUT2D eigenvalue weighted by Crippen LogP contribution is 2.24. The molecule has 1 rings (SSSR count). The number of hydrogen-bond donors (Lipinski definition) is 4. The van der Waals surface area contributed by atoms with Crippen molar-refractivity contribution >= 4 is 23.3 Å². The van der Waals surface area contributed by atoms with Crippen molar-refractivity contribution in [1.82, 2.24) is 4.98 Å². The number of anilines is 1. The van der Waals surface area contributed by atoms with Crippen molar-refractivity contribution < 1.29 is 20.1 Å². The third-order valence-corrected chi connectivity index (χ3v) is 2.15. The van der Waals surface area contributed by atoms with Gasteiger partial charge in [-0.2, -0.15) is 0 Å². The fraction of sp³-hybridized carbons (Fsp3) is 0.333. The van der Waals surface area contributed by atoms with Crippen molar-refractivity contribution in [1.29, 1.82) is 0 Å². The van der Waals surface area contributed by atoms with E-state index in [1.165, 1.54) is 12.3 Å². The van der Waals surface area contributed by atoms with Gasteiger partial charge in [-0.05, 0) is 6.07 Å². The third-order valence-electron chi connectivity index (χ3n) is 1.94. The van der Waals surface area contributed by atoms with Crippen LogP contribution in [-0.4, -0.2) is 32.4 Å². The van der Waals surface area contributed by atoms with Gasteiger partial charge < -0.3 is 21.1 Å². The molecule has 16 heavy (non-hydrogen) atoms. The molecule has 0 amide bonds. The van der Waals surface area contributed by atoms with Gasteiger partial charge in [-0.3, -0.25) is 9.78 Å². The normalized spacial score (nSPS) is 14.4. The van der Waals surface area contributed by atoms with Crippen LogP contribution >= 0.6 is 11.6 Å². The summed E-state index contributed by atoms with van der Waals surface area (Å²) in [4.78, 5) is 14.1. The fourth-order valence-electron chi connectivity index (χ4n) is 1.19. The van der Waals surface area contributed by atoms with Gasteiger partial charge in [0.25, 0.3) is 0 Å². The lowest BCUT2D eigenvalue weighted by molar-refractivity contribution is -0.141. The summed E-state index contributed by atoms with van der Waals surface area (Å²) < 4.78 is 0. The number of aromatic nitrogens is 1. The lowest BCUT2D eigenvalue weighted by atomic mass is 10.1. The van der Waals surface area contributed by atoms with Gasteiger partial charge in [0.2, 0.25) is 0 Å². The number of aliphatic carboxylic acids is 1. The first kappa shape index (κ1) is 12.7. The minimum absolute atomic E-state index is 0.0122. The average Bonchev–Trinajstić information content (AvgIpc) is 2.15. The largest absolute Gasteiger partial charge is 0.481 e. The Balaban J connectivity index is 2.87. The molecule has 1 aromatic rings. The maximum absolute atomic E-state index is 10.3. The molecule has 0 aromatic carbocycles. The van der Waals surface area contributed by atoms with E-state index in [4.69, 9.17) is 22.4 Å². The van der Waals surface area contributed by atoms with Gasteiger partial charge in [-0.25, -0.2) is 0 Å². The Labute approximate surface area is 96.3 Å². The summed E-state index contributed by atoms with van der Waals surface area (Å²) in [6, 6.07) is 1.36. The van der Waals surface area contributed by atoms with Crippen LogP contribution in [0.5, 0.6) is 0 Å². The Hall–Kier alpha value is -1.37. The maximum Gasteiger partial charge on any atom is 0.306 e. The predicted molar refractivity (Wildman–Crippen MR) is 56.9 cm³/mol. The summed E-state index contributed by atoms with van der Waals surface area (Å²) in [6.07, 6.45) is -2.25. The molecule has 7 heteroatoms. The molecule has 6 nitrogen and oxygen atoms in total. The fourth-order valence-corrected chi connectivity index (χ4v) is 1.35. The molecule has 0 radical (unpaired) electrons. The van der Waals surface area contributed by atoms with E-state index in [1.807, 2.05) is 0 Å². The summed E-state index contributed by atoms with van der Waals surface area (Å²) in [5.74, 6) is -1.22. The van der Waals surface area contributed by atoms with Crippen LogP contribution in [0.4, 0.5) is 5.69 Å². The zero-order chi connectivity index (χ0) is 12.3. The third kappa shape index (κ3) is 3.06. The molecule has 0 fully saturated rings. The molecule has 0 saturated heterocycles. The van der Waals surface area contributed by atoms with Gasteiger partial charge in [0.1, 0.15) is 6.10 Å². The van der Waals surface area contributed by atoms with Crippen LogP contribution in [0.3, 0.4) is 0 Å². The number of carbonyl (C=O) groups is 1. The second-order valence-electron chi connectivity index (χ2n) is 3.24. The first-order chi connectivity index (χ1) is 7.41. The summed E-state index contributed by atoms with van der Waals surface area (Å²) in [5, 5.41) is 27.7. The number of carboxylic acids is 1. The van der Waals surface area contributed by atoms with E-state index in [0.717, 1.165) is 0 Å². The average molecular weight is 247 g/mol. The number of pyridine rings is 1. The van der Waals surface area contributed by atoms with E-state index in [2.05, 4.69) is 4.98 Å². The van der Waals surface area contributed by atoms with Crippen LogP contribution in [0.15, 0.2) is 12.3 Å². The van der Waals surface area contributed by atoms with Gasteiger partial charge in [0, 0.05) is 6.20 Å². The molecule has 2 unspecified atom stereocenters. The first-order valence-corrected chi connectivity index (χ1v) is 4.78. The number of nitrogens with two attached hydrogens (primary N) is 1. The summed E-state index contributed by atoms with van der Waals surface area (Å²) in [7, 11) is 0. The van der Waals surface area contributed by atoms with Crippen LogP contribution < -0.4 is 5.73 Å². The molecule has 5 N–H and O–H groups in total. The van der Waals surface area contributed by atoms with Crippen molar-refractivity contribution in [3.63, 3.8) is 0 Å². The molecule has 1 heterocycles. The highest BCUT2D eigenvalue weighted by Gasteiger charge is 2.24. The molecule has 0 aliphatic heterocycles. The monoisotopic (exact) mass is 246 g/mol. The number of carboxylic acid groups (broad SMARTS) is 1. The van der Waals surface area contributed by atoms with E-state index < -0.39 is 24.6 Å². The maximum atomic E-state index is 10.3. The van der Waals surface area contributed by atoms with Gasteiger partial charge in [0.05, 0.1) is 28.9 Å². The van der Waals surface area contributed by atoms with Crippen molar-refractivity contribution in [2.75, 3.05) is 5.73 Å². The van der Waals surface area contributed by atoms with E-state index in [-0.39, 0.29) is 11.4 Å². The van der Waals surface area contributed by atoms with Crippen molar-refractivity contribution in [3.05, 3.63) is 23.0 Å². The number of halogens is 1. The smallest absolute Gasteiger partial charge is 0.306 e. The Morgan fingerprint density at radius 3 is 2.69 bits per heavy atom. The van der Waals surface area contributed by atoms with E-state index in [1.54, 1.807) is 0 Å². The van der Waals surface area contributed by atoms with Gasteiger partial charge in [-0.15, -0.1) is 0 Å². The summed E-state index contributed by atoms with van der Waals surface area (Å²) >= 11 is 5.60. The molecule has 88 valence electrons. The van der Waals surface area contributed by atoms with Gasteiger partial charge in [-0.1, -0.05) is 11.6 Å². The van der Waals surface area contributed by atoms with Gasteiger partial charge in [0.15, 0.2) is 0 Å². The number of aliphatic hydroxyl groups excluding tert-OH is 2. The van der Waals surface area contributed by atoms with E-state index in [9.17, 15) is 15.0 Å². The highest BCUT2D eigenvalue weighted by molar-refractivity contribution is 6.30. The number of nitrogen functional groups attached to an aromatic ring is 1. The number of nitrogens with zero attached hydrogens (tertiary/aromatic N) is 1. The highest BCUT2D eigenvalue weighted by atomic mass is 35.5. The van der Waals surface area contributed by atoms with E-state index >= 15 is 0 Å². The minimum atomic E-state index is -1.46. The second kappa shape index (κ2) is 5.11. The minimum Gasteiger partial charge on any atom is -0.481 e. The molecular formula is C9H11ClN2O4. The zero-order valence-electron chi connectivity index (χ0n) is 8.17. The van der Waals surface area contributed by atoms with Gasteiger partial charge >= 0.3 is 5.97 Å². The van der Waals surface area contributed by atoms with Crippen molar-refractivity contribution in [2.45, 2.75) is 18.6 Å². The Morgan fingerprint density at radius 2 is 2.19 bits per heavy atom. The quantitative estimate of drug-likeness (QED) is 0.602. The van der Waals surface area contributed by atoms with Crippen molar-refractivity contribution in [3.8, 4) is 0 Å². The van der Waals surface area contributed by atoms with E-state index in [0.29, 0.717) is 5.02 Å². The topological polar surface area (TPSA) is 117 Å². The Kier molecular flexibility index (Phi) is 4.05. The number of hydrogen-bond acceptors (Lipinski definition) is 5. The Morgan fingerprint density at radius 1 is 1.56 bits per heavy atom. The second-order valence-corrected chi connectivity index (χ2v) is 3.67. The van der Waals surface area contributed by atoms with Crippen molar-refractivity contribution in [2.24, 2.45) is 0 Å². The van der Waals surface area contributed by atoms with Crippen LogP contribution in [0, 0.1) is 0 Å².